The Labute approximate surface area is 120 Å². The maximum absolute atomic E-state index is 6.06. The van der Waals surface area contributed by atoms with Gasteiger partial charge in [0.05, 0.1) is 0 Å². The molecule has 0 amide bonds. The van der Waals surface area contributed by atoms with Crippen molar-refractivity contribution in [2.75, 3.05) is 0 Å². The summed E-state index contributed by atoms with van der Waals surface area (Å²) in [7, 11) is 0. The van der Waals surface area contributed by atoms with Gasteiger partial charge in [-0.3, -0.25) is 5.01 Å². The van der Waals surface area contributed by atoms with Crippen molar-refractivity contribution in [3.63, 3.8) is 0 Å². The minimum Gasteiger partial charge on any atom is -0.304 e. The summed E-state index contributed by atoms with van der Waals surface area (Å²) in [5, 5.41) is 5.98. The van der Waals surface area contributed by atoms with E-state index in [-0.39, 0.29) is 12.2 Å². The Morgan fingerprint density at radius 3 is 2.00 bits per heavy atom. The molecule has 0 aromatic carbocycles. The Bertz CT molecular complexity index is 286. The third-order valence-corrected chi connectivity index (χ3v) is 4.65. The molecule has 8 heteroatoms. The maximum atomic E-state index is 6.06. The van der Waals surface area contributed by atoms with Gasteiger partial charge in [-0.05, 0) is 20.8 Å². The van der Waals surface area contributed by atoms with E-state index in [0.717, 1.165) is 0 Å². The molecule has 0 aromatic heterocycles. The molecule has 0 saturated carbocycles. The quantitative estimate of drug-likeness (QED) is 0.567. The van der Waals surface area contributed by atoms with Crippen molar-refractivity contribution in [3.8, 4) is 0 Å². The zero-order chi connectivity index (χ0) is 12.7. The van der Waals surface area contributed by atoms with E-state index >= 15 is 0 Å². The average Bonchev–Trinajstić information content (AvgIpc) is 2.44. The van der Waals surface area contributed by atoms with E-state index in [1.807, 2.05) is 25.8 Å². The number of nitrogens with zero attached hydrogens (tertiary/aromatic N) is 3. The zero-order valence-corrected chi connectivity index (χ0v) is 12.7. The third kappa shape index (κ3) is 2.59. The molecule has 1 aliphatic heterocycles. The van der Waals surface area contributed by atoms with Crippen LogP contribution in [0.3, 0.4) is 0 Å². The predicted molar refractivity (Wildman–Crippen MR) is 71.5 cm³/mol. The summed E-state index contributed by atoms with van der Waals surface area (Å²) in [6.07, 6.45) is 1.30. The van der Waals surface area contributed by atoms with Crippen molar-refractivity contribution in [1.82, 2.24) is 9.91 Å². The van der Waals surface area contributed by atoms with Gasteiger partial charge in [0.2, 0.25) is 8.25 Å². The normalized spacial score (nSPS) is 22.4. The van der Waals surface area contributed by atoms with Crippen molar-refractivity contribution in [2.45, 2.75) is 41.2 Å². The highest BCUT2D eigenvalue weighted by Crippen LogP contribution is 2.49. The van der Waals surface area contributed by atoms with Gasteiger partial charge in [-0.15, -0.1) is 0 Å². The van der Waals surface area contributed by atoms with Crippen LogP contribution in [0.2, 0.25) is 0 Å². The first-order valence-electron chi connectivity index (χ1n) is 4.64. The van der Waals surface area contributed by atoms with Crippen molar-refractivity contribution in [3.05, 3.63) is 0 Å². The summed E-state index contributed by atoms with van der Waals surface area (Å²) in [4.78, 5) is 1.50. The van der Waals surface area contributed by atoms with Crippen LogP contribution in [0.5, 0.6) is 0 Å². The summed E-state index contributed by atoms with van der Waals surface area (Å²) in [6, 6.07) is 0.204. The molecule has 3 nitrogen and oxygen atoms in total. The van der Waals surface area contributed by atoms with E-state index in [1.54, 1.807) is 0 Å². The van der Waals surface area contributed by atoms with Gasteiger partial charge in [-0.2, -0.15) is 5.10 Å². The number of halogens is 5. The van der Waals surface area contributed by atoms with Crippen molar-refractivity contribution in [2.24, 2.45) is 5.10 Å². The molecule has 1 unspecified atom stereocenters. The molecule has 1 atom stereocenters. The Balaban J connectivity index is 2.90. The lowest BCUT2D eigenvalue weighted by Gasteiger charge is -2.40. The SMILES string of the molecule is CC(C)N1N=CN(C(Cl)(Cl)C(Cl)(Cl)Cl)C1C. The number of hydrazone groups is 1. The van der Waals surface area contributed by atoms with Gasteiger partial charge in [0, 0.05) is 6.04 Å². The monoisotopic (exact) mass is 325 g/mol. The lowest BCUT2D eigenvalue weighted by molar-refractivity contribution is 0.0998. The largest absolute Gasteiger partial charge is 0.304 e. The molecule has 0 bridgehead atoms. The summed E-state index contributed by atoms with van der Waals surface area (Å²) >= 11 is 29.3. The molecule has 1 heterocycles. The van der Waals surface area contributed by atoms with E-state index in [0.29, 0.717) is 0 Å². The smallest absolute Gasteiger partial charge is 0.241 e. The first-order valence-corrected chi connectivity index (χ1v) is 6.53. The average molecular weight is 327 g/mol. The second kappa shape index (κ2) is 4.77. The van der Waals surface area contributed by atoms with Crippen molar-refractivity contribution in [1.29, 1.82) is 0 Å². The van der Waals surface area contributed by atoms with E-state index in [4.69, 9.17) is 58.0 Å². The minimum atomic E-state index is -1.83. The Morgan fingerprint density at radius 1 is 1.19 bits per heavy atom. The highest BCUT2D eigenvalue weighted by atomic mass is 35.6. The molecule has 94 valence electrons. The Kier molecular flexibility index (Phi) is 4.41. The molecule has 1 rings (SSSR count). The summed E-state index contributed by atoms with van der Waals surface area (Å²) in [5.41, 5.74) is 0. The fourth-order valence-corrected chi connectivity index (χ4v) is 2.12. The van der Waals surface area contributed by atoms with Crippen LogP contribution in [0.15, 0.2) is 5.10 Å². The topological polar surface area (TPSA) is 18.8 Å². The van der Waals surface area contributed by atoms with E-state index in [2.05, 4.69) is 5.10 Å². The van der Waals surface area contributed by atoms with Crippen LogP contribution in [0.4, 0.5) is 0 Å². The Morgan fingerprint density at radius 2 is 1.69 bits per heavy atom. The van der Waals surface area contributed by atoms with Gasteiger partial charge < -0.3 is 4.90 Å². The first kappa shape index (κ1) is 14.8. The van der Waals surface area contributed by atoms with Crippen LogP contribution in [0.1, 0.15) is 20.8 Å². The van der Waals surface area contributed by atoms with Gasteiger partial charge >= 0.3 is 0 Å². The van der Waals surface area contributed by atoms with Gasteiger partial charge in [-0.1, -0.05) is 58.0 Å². The predicted octanol–water partition coefficient (Wildman–Crippen LogP) is 3.80. The fraction of sp³-hybridized carbons (Fsp3) is 0.875. The number of hydrogen-bond acceptors (Lipinski definition) is 3. The lowest BCUT2D eigenvalue weighted by atomic mass is 10.3. The lowest BCUT2D eigenvalue weighted by Crippen LogP contribution is -2.53. The summed E-state index contributed by atoms with van der Waals surface area (Å²) in [5.74, 6) is 0. The molecule has 0 spiro atoms. The van der Waals surface area contributed by atoms with Crippen LogP contribution in [0.25, 0.3) is 0 Å². The molecule has 0 fully saturated rings. The second-order valence-electron chi connectivity index (χ2n) is 3.78. The molecule has 0 radical (unpaired) electrons. The summed E-state index contributed by atoms with van der Waals surface area (Å²) < 4.78 is -3.49. The highest BCUT2D eigenvalue weighted by molar-refractivity contribution is 6.75. The van der Waals surface area contributed by atoms with Crippen molar-refractivity contribution < 1.29 is 0 Å². The van der Waals surface area contributed by atoms with Gasteiger partial charge in [0.15, 0.2) is 0 Å². The van der Waals surface area contributed by atoms with Crippen molar-refractivity contribution >= 4 is 64.3 Å². The molecule has 16 heavy (non-hydrogen) atoms. The molecule has 1 aliphatic rings. The molecule has 0 aliphatic carbocycles. The van der Waals surface area contributed by atoms with Crippen LogP contribution < -0.4 is 0 Å². The molecular formula is C8H12Cl5N3. The summed E-state index contributed by atoms with van der Waals surface area (Å²) in [6.45, 7) is 5.87. The van der Waals surface area contributed by atoms with Crippen LogP contribution in [-0.4, -0.2) is 36.7 Å². The Hall–Kier alpha value is 0.720. The third-order valence-electron chi connectivity index (χ3n) is 2.29. The van der Waals surface area contributed by atoms with Gasteiger partial charge in [-0.25, -0.2) is 0 Å². The van der Waals surface area contributed by atoms with Crippen LogP contribution in [-0.2, 0) is 0 Å². The molecule has 0 aromatic rings. The number of hydrogen-bond donors (Lipinski definition) is 0. The number of rotatable bonds is 2. The molecular weight excluding hydrogens is 315 g/mol. The van der Waals surface area contributed by atoms with Gasteiger partial charge in [0.25, 0.3) is 0 Å². The van der Waals surface area contributed by atoms with Gasteiger partial charge in [0.1, 0.15) is 12.5 Å². The molecule has 0 N–H and O–H groups in total. The standard InChI is InChI=1S/C8H12Cl5N3/c1-5(2)16-6(3)15(4-14-16)8(12,13)7(9,10)11/h4-6H,1-3H3. The maximum Gasteiger partial charge on any atom is 0.241 e. The fourth-order valence-electron chi connectivity index (χ4n) is 1.45. The van der Waals surface area contributed by atoms with E-state index < -0.39 is 8.25 Å². The second-order valence-corrected chi connectivity index (χ2v) is 7.35. The van der Waals surface area contributed by atoms with Crippen LogP contribution in [0, 0.1) is 0 Å². The van der Waals surface area contributed by atoms with E-state index in [1.165, 1.54) is 11.2 Å². The first-order chi connectivity index (χ1) is 7.09. The van der Waals surface area contributed by atoms with Crippen LogP contribution >= 0.6 is 58.0 Å². The molecule has 0 saturated heterocycles. The minimum absolute atomic E-state index is 0.175. The van der Waals surface area contributed by atoms with E-state index in [9.17, 15) is 0 Å². The zero-order valence-electron chi connectivity index (χ0n) is 8.96. The number of alkyl halides is 5. The highest BCUT2D eigenvalue weighted by Gasteiger charge is 2.53.